The SMILES string of the molecule is CC(OC(=O)Nc1cnoc1-c1ccc(-c2ccc(C3(C(=O)O)CC3)cc2)c2c1OCC2)c1ccccc1. The molecule has 4 aromatic rings. The van der Waals surface area contributed by atoms with Crippen LogP contribution in [0, 0.1) is 0 Å². The van der Waals surface area contributed by atoms with Gasteiger partial charge in [-0.1, -0.05) is 65.8 Å². The molecule has 1 saturated carbocycles. The molecule has 0 saturated heterocycles. The summed E-state index contributed by atoms with van der Waals surface area (Å²) in [7, 11) is 0. The topological polar surface area (TPSA) is 111 Å². The Bertz CT molecular complexity index is 1510. The number of carboxylic acids is 1. The number of carbonyl (C=O) groups excluding carboxylic acids is 1. The van der Waals surface area contributed by atoms with Crippen molar-refractivity contribution in [1.82, 2.24) is 5.16 Å². The van der Waals surface area contributed by atoms with E-state index < -0.39 is 23.6 Å². The molecule has 1 amide bonds. The highest BCUT2D eigenvalue weighted by atomic mass is 16.6. The number of nitrogens with one attached hydrogen (secondary N) is 1. The van der Waals surface area contributed by atoms with Crippen molar-refractivity contribution in [3.63, 3.8) is 0 Å². The molecule has 38 heavy (non-hydrogen) atoms. The van der Waals surface area contributed by atoms with Crippen LogP contribution in [0.5, 0.6) is 5.75 Å². The first-order valence-electron chi connectivity index (χ1n) is 12.6. The molecule has 0 bridgehead atoms. The molecular formula is C30H26N2O6. The molecule has 8 heteroatoms. The zero-order valence-electron chi connectivity index (χ0n) is 20.8. The normalized spacial score (nSPS) is 15.7. The fourth-order valence-corrected chi connectivity index (χ4v) is 5.08. The van der Waals surface area contributed by atoms with Crippen LogP contribution in [-0.2, 0) is 21.4 Å². The van der Waals surface area contributed by atoms with Gasteiger partial charge in [-0.2, -0.15) is 0 Å². The van der Waals surface area contributed by atoms with Crippen molar-refractivity contribution in [2.75, 3.05) is 11.9 Å². The van der Waals surface area contributed by atoms with E-state index in [-0.39, 0.29) is 0 Å². The molecule has 1 atom stereocenters. The summed E-state index contributed by atoms with van der Waals surface area (Å²) >= 11 is 0. The Morgan fingerprint density at radius 3 is 2.47 bits per heavy atom. The Labute approximate surface area is 219 Å². The van der Waals surface area contributed by atoms with E-state index in [0.29, 0.717) is 48.6 Å². The number of aliphatic carboxylic acids is 1. The molecule has 0 spiro atoms. The predicted molar refractivity (Wildman–Crippen MR) is 140 cm³/mol. The van der Waals surface area contributed by atoms with E-state index in [4.69, 9.17) is 14.0 Å². The van der Waals surface area contributed by atoms with Gasteiger partial charge in [0.25, 0.3) is 0 Å². The number of carboxylic acid groups (broad SMARTS) is 1. The fraction of sp³-hybridized carbons (Fsp3) is 0.233. The van der Waals surface area contributed by atoms with Crippen LogP contribution < -0.4 is 10.1 Å². The number of hydrogen-bond donors (Lipinski definition) is 2. The summed E-state index contributed by atoms with van der Waals surface area (Å²) in [5.41, 5.74) is 5.08. The minimum atomic E-state index is -0.765. The molecule has 0 radical (unpaired) electrons. The van der Waals surface area contributed by atoms with Gasteiger partial charge in [-0.05, 0) is 48.1 Å². The van der Waals surface area contributed by atoms with E-state index in [2.05, 4.69) is 10.5 Å². The number of rotatable bonds is 7. The van der Waals surface area contributed by atoms with Crippen LogP contribution in [0.15, 0.2) is 77.4 Å². The number of aromatic nitrogens is 1. The van der Waals surface area contributed by atoms with Crippen LogP contribution in [0.3, 0.4) is 0 Å². The molecule has 1 aliphatic heterocycles. The van der Waals surface area contributed by atoms with Crippen LogP contribution in [0.4, 0.5) is 10.5 Å². The first kappa shape index (κ1) is 23.8. The molecule has 2 aliphatic rings. The molecule has 3 aromatic carbocycles. The number of nitrogens with zero attached hydrogens (tertiary/aromatic N) is 1. The van der Waals surface area contributed by atoms with Crippen molar-refractivity contribution < 1.29 is 28.7 Å². The smallest absolute Gasteiger partial charge is 0.412 e. The highest BCUT2D eigenvalue weighted by molar-refractivity contribution is 5.92. The van der Waals surface area contributed by atoms with Gasteiger partial charge in [0.1, 0.15) is 17.5 Å². The van der Waals surface area contributed by atoms with Crippen LogP contribution in [0.2, 0.25) is 0 Å². The fourth-order valence-electron chi connectivity index (χ4n) is 5.08. The summed E-state index contributed by atoms with van der Waals surface area (Å²) in [6.45, 7) is 2.33. The second-order valence-corrected chi connectivity index (χ2v) is 9.68. The summed E-state index contributed by atoms with van der Waals surface area (Å²) in [6.07, 6.45) is 2.45. The minimum absolute atomic E-state index is 0.381. The lowest BCUT2D eigenvalue weighted by Gasteiger charge is -2.15. The lowest BCUT2D eigenvalue weighted by atomic mass is 9.91. The summed E-state index contributed by atoms with van der Waals surface area (Å²) in [5, 5.41) is 16.2. The van der Waals surface area contributed by atoms with Gasteiger partial charge in [0.2, 0.25) is 0 Å². The molecule has 2 N–H and O–H groups in total. The Balaban J connectivity index is 1.25. The van der Waals surface area contributed by atoms with Crippen LogP contribution in [-0.4, -0.2) is 28.9 Å². The van der Waals surface area contributed by atoms with E-state index in [0.717, 1.165) is 27.8 Å². The molecule has 1 aromatic heterocycles. The summed E-state index contributed by atoms with van der Waals surface area (Å²) < 4.78 is 17.1. The number of ether oxygens (including phenoxy) is 2. The maximum Gasteiger partial charge on any atom is 0.412 e. The molecular weight excluding hydrogens is 484 g/mol. The van der Waals surface area contributed by atoms with E-state index in [1.54, 1.807) is 0 Å². The monoisotopic (exact) mass is 510 g/mol. The molecule has 8 nitrogen and oxygen atoms in total. The number of fused-ring (bicyclic) bond motifs is 1. The molecule has 6 rings (SSSR count). The van der Waals surface area contributed by atoms with Gasteiger partial charge in [-0.15, -0.1) is 0 Å². The van der Waals surface area contributed by atoms with E-state index >= 15 is 0 Å². The maximum atomic E-state index is 12.6. The third-order valence-electron chi connectivity index (χ3n) is 7.37. The summed E-state index contributed by atoms with van der Waals surface area (Å²) in [5.74, 6) is 0.298. The number of benzene rings is 3. The Morgan fingerprint density at radius 2 is 1.76 bits per heavy atom. The van der Waals surface area contributed by atoms with Crippen molar-refractivity contribution in [3.8, 4) is 28.2 Å². The summed E-state index contributed by atoms with van der Waals surface area (Å²) in [6, 6.07) is 21.1. The number of hydrogen-bond acceptors (Lipinski definition) is 6. The molecule has 192 valence electrons. The third-order valence-corrected chi connectivity index (χ3v) is 7.37. The van der Waals surface area contributed by atoms with Gasteiger partial charge in [-0.25, -0.2) is 4.79 Å². The van der Waals surface area contributed by atoms with Gasteiger partial charge < -0.3 is 19.1 Å². The number of carbonyl (C=O) groups is 2. The Hall–Kier alpha value is -4.59. The first-order valence-corrected chi connectivity index (χ1v) is 12.6. The molecule has 1 aliphatic carbocycles. The second kappa shape index (κ2) is 9.37. The van der Waals surface area contributed by atoms with Gasteiger partial charge >= 0.3 is 12.1 Å². The Kier molecular flexibility index (Phi) is 5.87. The van der Waals surface area contributed by atoms with Gasteiger partial charge in [0.05, 0.1) is 23.8 Å². The molecule has 1 unspecified atom stereocenters. The highest BCUT2D eigenvalue weighted by Crippen LogP contribution is 2.49. The molecule has 2 heterocycles. The third kappa shape index (κ3) is 4.18. The van der Waals surface area contributed by atoms with Crippen LogP contribution >= 0.6 is 0 Å². The van der Waals surface area contributed by atoms with Gasteiger partial charge in [-0.3, -0.25) is 10.1 Å². The lowest BCUT2D eigenvalue weighted by molar-refractivity contribution is -0.140. The van der Waals surface area contributed by atoms with Gasteiger partial charge in [0.15, 0.2) is 5.76 Å². The van der Waals surface area contributed by atoms with E-state index in [1.165, 1.54) is 6.20 Å². The number of anilines is 1. The zero-order valence-corrected chi connectivity index (χ0v) is 20.8. The van der Waals surface area contributed by atoms with Crippen molar-refractivity contribution in [3.05, 3.63) is 89.6 Å². The minimum Gasteiger partial charge on any atom is -0.492 e. The first-order chi connectivity index (χ1) is 18.5. The van der Waals surface area contributed by atoms with Crippen LogP contribution in [0.1, 0.15) is 42.6 Å². The highest BCUT2D eigenvalue weighted by Gasteiger charge is 2.51. The average Bonchev–Trinajstić information content (AvgIpc) is 3.38. The predicted octanol–water partition coefficient (Wildman–Crippen LogP) is 6.37. The average molecular weight is 511 g/mol. The van der Waals surface area contributed by atoms with Crippen LogP contribution in [0.25, 0.3) is 22.5 Å². The Morgan fingerprint density at radius 1 is 1.03 bits per heavy atom. The van der Waals surface area contributed by atoms with Crippen molar-refractivity contribution in [2.24, 2.45) is 0 Å². The van der Waals surface area contributed by atoms with Crippen molar-refractivity contribution in [1.29, 1.82) is 0 Å². The largest absolute Gasteiger partial charge is 0.492 e. The lowest BCUT2D eigenvalue weighted by Crippen LogP contribution is -2.19. The maximum absolute atomic E-state index is 12.6. The molecule has 1 fully saturated rings. The zero-order chi connectivity index (χ0) is 26.3. The summed E-state index contributed by atoms with van der Waals surface area (Å²) in [4.78, 5) is 24.3. The van der Waals surface area contributed by atoms with E-state index in [9.17, 15) is 14.7 Å². The van der Waals surface area contributed by atoms with Crippen molar-refractivity contribution in [2.45, 2.75) is 37.7 Å². The van der Waals surface area contributed by atoms with E-state index in [1.807, 2.05) is 73.7 Å². The number of amides is 1. The quantitative estimate of drug-likeness (QED) is 0.297. The standard InChI is InChI=1S/C30H26N2O6/c1-18(19-5-3-2-4-6-19)37-29(35)32-25-17-31-38-27(25)24-12-11-22(23-13-16-36-26(23)24)20-7-9-21(10-8-20)30(14-15-30)28(33)34/h2-12,17-18H,13-16H2,1H3,(H,32,35)(H,33,34). The van der Waals surface area contributed by atoms with Gasteiger partial charge in [0, 0.05) is 12.0 Å². The second-order valence-electron chi connectivity index (χ2n) is 9.68. The van der Waals surface area contributed by atoms with Crippen molar-refractivity contribution >= 4 is 17.7 Å².